The molecule has 4 saturated carbocycles. The number of thiophene rings is 2. The topological polar surface area (TPSA) is 220 Å². The summed E-state index contributed by atoms with van der Waals surface area (Å²) in [5.74, 6) is 10.8. The van der Waals surface area contributed by atoms with E-state index >= 15 is 0 Å². The van der Waals surface area contributed by atoms with Crippen molar-refractivity contribution in [2.45, 2.75) is 229 Å². The molecule has 2 amide bonds. The molecule has 2 aromatic heterocycles. The minimum atomic E-state index is -1.05. The second-order valence-corrected chi connectivity index (χ2v) is 27.1. The molecule has 77 heavy (non-hydrogen) atoms. The van der Waals surface area contributed by atoms with Crippen LogP contribution in [0.2, 0.25) is 0 Å². The van der Waals surface area contributed by atoms with Crippen LogP contribution in [0.1, 0.15) is 221 Å². The minimum absolute atomic E-state index is 0.00577. The van der Waals surface area contributed by atoms with Gasteiger partial charge in [0.1, 0.15) is 34.0 Å². The lowest BCUT2D eigenvalue weighted by Gasteiger charge is -2.39. The van der Waals surface area contributed by atoms with Crippen LogP contribution < -0.4 is 21.3 Å². The van der Waals surface area contributed by atoms with Gasteiger partial charge in [0.15, 0.2) is 0 Å². The number of rotatable bonds is 15. The van der Waals surface area contributed by atoms with Crippen molar-refractivity contribution >= 4 is 69.7 Å². The SMILES string of the molecule is CC1CCC(C(=O)N(c2cc(C#CC(C)(C)C)sc2C(=O)O)C2CCC(OC(=O)[C@H](N)C(C)C)CC2)CC1.CC[C@H](C)[C@@H](N)C(=O)OC1CCC(N(C(=O)C2CCC(C)CC2)c2cc(C#CC(C)(C)C)sc2C(=O)O)CC1. The van der Waals surface area contributed by atoms with E-state index in [-0.39, 0.29) is 92.3 Å². The minimum Gasteiger partial charge on any atom is -0.477 e. The molecule has 6 rings (SSSR count). The highest BCUT2D eigenvalue weighted by molar-refractivity contribution is 7.15. The van der Waals surface area contributed by atoms with Crippen LogP contribution in [0.5, 0.6) is 0 Å². The van der Waals surface area contributed by atoms with Gasteiger partial charge in [0.2, 0.25) is 11.8 Å². The van der Waals surface area contributed by atoms with Crippen LogP contribution in [0.15, 0.2) is 12.1 Å². The van der Waals surface area contributed by atoms with E-state index in [0.717, 1.165) is 80.5 Å². The van der Waals surface area contributed by atoms with E-state index in [1.54, 1.807) is 21.9 Å². The Morgan fingerprint density at radius 2 is 0.922 bits per heavy atom. The van der Waals surface area contributed by atoms with Crippen molar-refractivity contribution in [3.63, 3.8) is 0 Å². The van der Waals surface area contributed by atoms with Gasteiger partial charge < -0.3 is 41.0 Å². The maximum absolute atomic E-state index is 14.1. The number of aromatic carboxylic acids is 2. The third-order valence-corrected chi connectivity index (χ3v) is 17.8. The summed E-state index contributed by atoms with van der Waals surface area (Å²) in [5, 5.41) is 20.2. The fraction of sp³-hybridized carbons (Fsp3) is 0.705. The summed E-state index contributed by atoms with van der Waals surface area (Å²) in [6, 6.07) is 1.95. The number of hydrogen-bond donors (Lipinski definition) is 4. The van der Waals surface area contributed by atoms with Crippen LogP contribution in [0, 0.1) is 70.0 Å². The Morgan fingerprint density at radius 1 is 0.584 bits per heavy atom. The quantitative estimate of drug-likeness (QED) is 0.0967. The summed E-state index contributed by atoms with van der Waals surface area (Å²) in [6.45, 7) is 24.2. The van der Waals surface area contributed by atoms with Crippen molar-refractivity contribution in [2.24, 2.45) is 57.8 Å². The summed E-state index contributed by atoms with van der Waals surface area (Å²) >= 11 is 2.26. The third kappa shape index (κ3) is 18.1. The van der Waals surface area contributed by atoms with Gasteiger partial charge in [-0.15, -0.1) is 22.7 Å². The number of carbonyl (C=O) groups is 6. The molecule has 2 aromatic rings. The van der Waals surface area contributed by atoms with E-state index < -0.39 is 24.0 Å². The van der Waals surface area contributed by atoms with Crippen molar-refractivity contribution < 1.29 is 48.5 Å². The second-order valence-electron chi connectivity index (χ2n) is 25.0. The van der Waals surface area contributed by atoms with Crippen molar-refractivity contribution in [2.75, 3.05) is 9.80 Å². The van der Waals surface area contributed by atoms with E-state index in [0.29, 0.717) is 84.3 Å². The summed E-state index contributed by atoms with van der Waals surface area (Å²) in [6.07, 6.45) is 12.5. The Morgan fingerprint density at radius 3 is 1.22 bits per heavy atom. The lowest BCUT2D eigenvalue weighted by molar-refractivity contribution is -0.154. The number of nitrogens with zero attached hydrogens (tertiary/aromatic N) is 2. The molecular weight excluding hydrogens is 1010 g/mol. The lowest BCUT2D eigenvalue weighted by Crippen LogP contribution is -2.48. The average molecular weight is 1100 g/mol. The van der Waals surface area contributed by atoms with Crippen molar-refractivity contribution in [1.29, 1.82) is 0 Å². The zero-order valence-electron chi connectivity index (χ0n) is 48.1. The van der Waals surface area contributed by atoms with Crippen LogP contribution in [-0.2, 0) is 28.7 Å². The molecule has 0 bridgehead atoms. The zero-order chi connectivity index (χ0) is 57.1. The number of carbonyl (C=O) groups excluding carboxylic acids is 4. The molecular formula is C61H90N4O10S2. The number of anilines is 2. The first-order valence-electron chi connectivity index (χ1n) is 28.5. The molecule has 4 aliphatic carbocycles. The molecule has 4 fully saturated rings. The number of carboxylic acids is 2. The second kappa shape index (κ2) is 27.9. The summed E-state index contributed by atoms with van der Waals surface area (Å²) in [7, 11) is 0. The Labute approximate surface area is 467 Å². The number of ether oxygens (including phenoxy) is 2. The maximum atomic E-state index is 14.1. The average Bonchev–Trinajstić information content (AvgIpc) is 4.01. The van der Waals surface area contributed by atoms with Crippen LogP contribution in [0.4, 0.5) is 11.4 Å². The number of hydrogen-bond acceptors (Lipinski definition) is 12. The first-order chi connectivity index (χ1) is 36.1. The van der Waals surface area contributed by atoms with Gasteiger partial charge >= 0.3 is 23.9 Å². The number of carboxylic acid groups (broad SMARTS) is 2. The van der Waals surface area contributed by atoms with Gasteiger partial charge in [0.25, 0.3) is 0 Å². The molecule has 16 heteroatoms. The van der Waals surface area contributed by atoms with Gasteiger partial charge in [-0.1, -0.05) is 71.6 Å². The molecule has 0 spiro atoms. The van der Waals surface area contributed by atoms with Gasteiger partial charge in [-0.05, 0) is 180 Å². The monoisotopic (exact) mass is 1100 g/mol. The fourth-order valence-electron chi connectivity index (χ4n) is 10.5. The smallest absolute Gasteiger partial charge is 0.348 e. The van der Waals surface area contributed by atoms with E-state index in [1.807, 2.05) is 69.2 Å². The van der Waals surface area contributed by atoms with Crippen molar-refractivity contribution in [1.82, 2.24) is 0 Å². The Kier molecular flexibility index (Phi) is 22.9. The number of nitrogens with two attached hydrogens (primary N) is 2. The third-order valence-electron chi connectivity index (χ3n) is 15.8. The van der Waals surface area contributed by atoms with E-state index in [1.165, 1.54) is 0 Å². The lowest BCUT2D eigenvalue weighted by atomic mass is 9.81. The Bertz CT molecular complexity index is 2480. The molecule has 426 valence electrons. The van der Waals surface area contributed by atoms with Crippen LogP contribution >= 0.6 is 22.7 Å². The summed E-state index contributed by atoms with van der Waals surface area (Å²) < 4.78 is 11.4. The maximum Gasteiger partial charge on any atom is 0.348 e. The predicted molar refractivity (Wildman–Crippen MR) is 307 cm³/mol. The molecule has 0 radical (unpaired) electrons. The predicted octanol–water partition coefficient (Wildman–Crippen LogP) is 12.1. The Balaban J connectivity index is 0.000000284. The highest BCUT2D eigenvalue weighted by Crippen LogP contribution is 2.41. The molecule has 0 unspecified atom stereocenters. The largest absolute Gasteiger partial charge is 0.477 e. The van der Waals surface area contributed by atoms with E-state index in [4.69, 9.17) is 20.9 Å². The van der Waals surface area contributed by atoms with Crippen molar-refractivity contribution in [3.8, 4) is 23.7 Å². The Hall–Kier alpha value is -4.74. The molecule has 14 nitrogen and oxygen atoms in total. The molecule has 4 aliphatic rings. The van der Waals surface area contributed by atoms with Gasteiger partial charge in [0, 0.05) is 34.7 Å². The molecule has 2 heterocycles. The number of esters is 2. The summed E-state index contributed by atoms with van der Waals surface area (Å²) in [4.78, 5) is 82.8. The van der Waals surface area contributed by atoms with E-state index in [9.17, 15) is 39.0 Å². The zero-order valence-corrected chi connectivity index (χ0v) is 49.8. The van der Waals surface area contributed by atoms with E-state index in [2.05, 4.69) is 37.5 Å². The molecule has 6 N–H and O–H groups in total. The highest BCUT2D eigenvalue weighted by Gasteiger charge is 2.41. The first kappa shape index (κ1) is 63.1. The molecule has 0 aromatic carbocycles. The molecule has 0 aliphatic heterocycles. The molecule has 0 saturated heterocycles. The standard InChI is InChI=1S/C31H46N2O5S.C30H44N2O5S/c1-7-20(3)26(32)30(37)38-23-14-12-22(13-15-23)33(28(34)21-10-8-19(2)9-11-21)25-18-24(16-17-31(4,5)6)39-27(25)29(35)36;1-18(2)25(31)29(36)37-22-13-11-21(12-14-22)32(27(33)20-9-7-19(3)8-10-20)24-17-23(15-16-30(4,5)6)38-26(24)28(34)35/h18-23,26H,7-15,32H2,1-6H3,(H,35,36);17-22,25H,7-14,31H2,1-6H3,(H,34,35)/t19?,20-,21?,22?,23?,26+;19?,20?,21?,22?,25-/m01/s1. The number of amides is 2. The van der Waals surface area contributed by atoms with Gasteiger partial charge in [-0.2, -0.15) is 0 Å². The van der Waals surface area contributed by atoms with Gasteiger partial charge in [-0.25, -0.2) is 9.59 Å². The summed E-state index contributed by atoms with van der Waals surface area (Å²) in [5.41, 5.74) is 12.5. The highest BCUT2D eigenvalue weighted by atomic mass is 32.1. The van der Waals surface area contributed by atoms with Gasteiger partial charge in [0.05, 0.1) is 21.1 Å². The van der Waals surface area contributed by atoms with Crippen LogP contribution in [-0.4, -0.2) is 82.3 Å². The fourth-order valence-corrected chi connectivity index (χ4v) is 12.2. The van der Waals surface area contributed by atoms with Crippen LogP contribution in [0.25, 0.3) is 0 Å². The normalized spacial score (nSPS) is 24.9. The van der Waals surface area contributed by atoms with Crippen molar-refractivity contribution in [3.05, 3.63) is 31.6 Å². The van der Waals surface area contributed by atoms with Gasteiger partial charge in [-0.3, -0.25) is 19.2 Å². The molecule has 3 atom stereocenters. The van der Waals surface area contributed by atoms with Crippen LogP contribution in [0.3, 0.4) is 0 Å². The first-order valence-corrected chi connectivity index (χ1v) is 30.1.